The van der Waals surface area contributed by atoms with Crippen molar-refractivity contribution in [3.8, 4) is 0 Å². The first-order valence-electron chi connectivity index (χ1n) is 9.32. The van der Waals surface area contributed by atoms with Crippen molar-refractivity contribution in [3.05, 3.63) is 65.7 Å². The first-order chi connectivity index (χ1) is 12.7. The summed E-state index contributed by atoms with van der Waals surface area (Å²) < 4.78 is 4.69. The van der Waals surface area contributed by atoms with Gasteiger partial charge in [-0.2, -0.15) is 35.9 Å². The molecule has 1 radical (unpaired) electrons. The van der Waals surface area contributed by atoms with Gasteiger partial charge in [-0.1, -0.05) is 12.1 Å². The Labute approximate surface area is 187 Å². The molecule has 1 fully saturated rings. The van der Waals surface area contributed by atoms with Gasteiger partial charge in [0.15, 0.2) is 0 Å². The predicted octanol–water partition coefficient (Wildman–Crippen LogP) is 3.15. The van der Waals surface area contributed by atoms with Crippen LogP contribution in [0.5, 0.6) is 0 Å². The maximum Gasteiger partial charge on any atom is 0.305 e. The van der Waals surface area contributed by atoms with Crippen molar-refractivity contribution in [2.24, 2.45) is 0 Å². The van der Waals surface area contributed by atoms with Crippen LogP contribution < -0.4 is 4.90 Å². The van der Waals surface area contributed by atoms with E-state index in [1.165, 1.54) is 23.9 Å². The summed E-state index contributed by atoms with van der Waals surface area (Å²) in [7, 11) is 1.45. The van der Waals surface area contributed by atoms with E-state index in [0.29, 0.717) is 6.42 Å². The van der Waals surface area contributed by atoms with Crippen LogP contribution in [0.2, 0.25) is 0 Å². The van der Waals surface area contributed by atoms with Crippen molar-refractivity contribution in [1.82, 2.24) is 4.90 Å². The second-order valence-electron chi connectivity index (χ2n) is 6.76. The Balaban J connectivity index is 0.00000261. The van der Waals surface area contributed by atoms with Gasteiger partial charge in [0, 0.05) is 71.0 Å². The van der Waals surface area contributed by atoms with Crippen LogP contribution in [0.25, 0.3) is 0 Å². The van der Waals surface area contributed by atoms with Crippen molar-refractivity contribution in [1.29, 1.82) is 0 Å². The molecule has 0 bridgehead atoms. The Morgan fingerprint density at radius 3 is 2.26 bits per heavy atom. The smallest absolute Gasteiger partial charge is 0.305 e. The topological polar surface area (TPSA) is 32.8 Å². The van der Waals surface area contributed by atoms with Gasteiger partial charge in [0.2, 0.25) is 0 Å². The molecular weight excluding hydrogens is 413 g/mol. The Hall–Kier alpha value is -1.23. The molecule has 2 aromatic rings. The van der Waals surface area contributed by atoms with E-state index in [1.807, 2.05) is 12.1 Å². The fourth-order valence-corrected chi connectivity index (χ4v) is 3.38. The fraction of sp³-hybridized carbons (Fsp3) is 0.409. The number of piperazine rings is 1. The quantitative estimate of drug-likeness (QED) is 0.489. The molecule has 1 heterocycles. The van der Waals surface area contributed by atoms with Crippen molar-refractivity contribution < 1.29 is 42.2 Å². The van der Waals surface area contributed by atoms with Gasteiger partial charge in [-0.05, 0) is 37.1 Å². The van der Waals surface area contributed by atoms with Gasteiger partial charge in [-0.25, -0.2) is 0 Å². The van der Waals surface area contributed by atoms with E-state index in [0.717, 1.165) is 45.6 Å². The van der Waals surface area contributed by atoms with Crippen LogP contribution in [0.15, 0.2) is 48.5 Å². The number of ether oxygens (including phenoxy) is 1. The van der Waals surface area contributed by atoms with E-state index < -0.39 is 0 Å². The summed E-state index contributed by atoms with van der Waals surface area (Å²) in [6, 6.07) is 20.2. The zero-order valence-electron chi connectivity index (χ0n) is 16.1. The van der Waals surface area contributed by atoms with Gasteiger partial charge in [-0.3, -0.25) is 9.69 Å². The molecule has 1 aliphatic rings. The van der Waals surface area contributed by atoms with Gasteiger partial charge in [0.25, 0.3) is 0 Å². The molecule has 0 aliphatic carbocycles. The number of hydrogen-bond acceptors (Lipinski definition) is 4. The summed E-state index contributed by atoms with van der Waals surface area (Å²) >= 11 is 0. The van der Waals surface area contributed by atoms with Crippen LogP contribution in [-0.4, -0.2) is 50.7 Å². The third-order valence-corrected chi connectivity index (χ3v) is 4.95. The molecule has 1 saturated heterocycles. The molecule has 0 spiro atoms. The van der Waals surface area contributed by atoms with Gasteiger partial charge in [-0.15, -0.1) is 0 Å². The number of carbonyl (C=O) groups is 1. The summed E-state index contributed by atoms with van der Waals surface area (Å²) in [4.78, 5) is 16.1. The van der Waals surface area contributed by atoms with Crippen LogP contribution in [0.3, 0.4) is 0 Å². The first-order valence-corrected chi connectivity index (χ1v) is 9.32. The van der Waals surface area contributed by atoms with E-state index >= 15 is 0 Å². The summed E-state index contributed by atoms with van der Waals surface area (Å²) in [6.07, 6.45) is 2.35. The van der Waals surface area contributed by atoms with Crippen LogP contribution in [0.1, 0.15) is 24.0 Å². The van der Waals surface area contributed by atoms with Crippen LogP contribution in [0.4, 0.5) is 5.69 Å². The Morgan fingerprint density at radius 1 is 1.00 bits per heavy atom. The number of hydrogen-bond donors (Lipinski definition) is 0. The van der Waals surface area contributed by atoms with Gasteiger partial charge >= 0.3 is 5.97 Å². The molecule has 3 rings (SSSR count). The zero-order valence-corrected chi connectivity index (χ0v) is 18.9. The number of rotatable bonds is 7. The van der Waals surface area contributed by atoms with Gasteiger partial charge < -0.3 is 9.64 Å². The Bertz CT molecular complexity index is 683. The molecule has 1 aliphatic heterocycles. The minimum atomic E-state index is -0.114. The molecule has 0 atom stereocenters. The van der Waals surface area contributed by atoms with E-state index in [-0.39, 0.29) is 38.7 Å². The second kappa shape index (κ2) is 11.6. The monoisotopic (exact) mass is 440 g/mol. The van der Waals surface area contributed by atoms with E-state index in [1.54, 1.807) is 0 Å². The van der Waals surface area contributed by atoms with Crippen molar-refractivity contribution >= 4 is 11.7 Å². The summed E-state index contributed by atoms with van der Waals surface area (Å²) in [5.74, 6) is -0.114. The number of carbonyl (C=O) groups excluding carboxylic acids is 1. The van der Waals surface area contributed by atoms with Gasteiger partial charge in [0.05, 0.1) is 7.11 Å². The zero-order chi connectivity index (χ0) is 18.2. The summed E-state index contributed by atoms with van der Waals surface area (Å²) in [5.41, 5.74) is 3.95. The van der Waals surface area contributed by atoms with E-state index in [4.69, 9.17) is 4.74 Å². The van der Waals surface area contributed by atoms with Crippen molar-refractivity contribution in [2.75, 3.05) is 44.7 Å². The third-order valence-electron chi connectivity index (χ3n) is 4.95. The van der Waals surface area contributed by atoms with Gasteiger partial charge in [0.1, 0.15) is 0 Å². The number of esters is 1. The predicted molar refractivity (Wildman–Crippen MR) is 104 cm³/mol. The molecule has 0 aromatic heterocycles. The molecule has 0 amide bonds. The molecule has 4 nitrogen and oxygen atoms in total. The first kappa shape index (κ1) is 22.1. The maximum absolute atomic E-state index is 11.2. The van der Waals surface area contributed by atoms with Crippen LogP contribution in [0, 0.1) is 6.07 Å². The van der Waals surface area contributed by atoms with E-state index in [9.17, 15) is 4.79 Å². The van der Waals surface area contributed by atoms with Crippen LogP contribution >= 0.6 is 0 Å². The number of benzene rings is 2. The molecular formula is C22H27N2O2Y-. The maximum atomic E-state index is 11.2. The Kier molecular flexibility index (Phi) is 9.46. The molecule has 27 heavy (non-hydrogen) atoms. The molecule has 141 valence electrons. The fourth-order valence-electron chi connectivity index (χ4n) is 3.38. The molecule has 0 saturated carbocycles. The van der Waals surface area contributed by atoms with E-state index in [2.05, 4.69) is 52.3 Å². The summed E-state index contributed by atoms with van der Waals surface area (Å²) in [5, 5.41) is 0. The minimum absolute atomic E-state index is 0. The minimum Gasteiger partial charge on any atom is -0.469 e. The SMILES string of the molecule is COC(=O)CCCN1CCN(c2ccc(Cc3cc[c-]cc3)cc2)CC1.[Y]. The molecule has 2 aromatic carbocycles. The number of methoxy groups -OCH3 is 1. The average molecular weight is 440 g/mol. The van der Waals surface area contributed by atoms with Crippen molar-refractivity contribution in [3.63, 3.8) is 0 Å². The third kappa shape index (κ3) is 7.02. The Morgan fingerprint density at radius 2 is 1.63 bits per heavy atom. The average Bonchev–Trinajstić information content (AvgIpc) is 2.70. The van der Waals surface area contributed by atoms with Crippen LogP contribution in [-0.2, 0) is 48.7 Å². The van der Waals surface area contributed by atoms with Crippen molar-refractivity contribution in [2.45, 2.75) is 19.3 Å². The second-order valence-corrected chi connectivity index (χ2v) is 6.76. The summed E-state index contributed by atoms with van der Waals surface area (Å²) in [6.45, 7) is 5.13. The molecule has 5 heteroatoms. The molecule has 0 unspecified atom stereocenters. The number of nitrogens with zero attached hydrogens (tertiary/aromatic N) is 2. The standard InChI is InChI=1S/C22H27N2O2.Y/c1-26-22(25)8-5-13-23-14-16-24(17-15-23)21-11-9-20(10-12-21)18-19-6-3-2-4-7-19;/h3-4,6-7,9-12H,5,8,13-18H2,1H3;/q-1;. The largest absolute Gasteiger partial charge is 0.469 e. The molecule has 0 N–H and O–H groups in total. The number of anilines is 1. The normalized spacial score (nSPS) is 14.5.